The number of carbonyl (C=O) groups excluding carboxylic acids is 2. The van der Waals surface area contributed by atoms with E-state index in [9.17, 15) is 14.4 Å². The van der Waals surface area contributed by atoms with Crippen molar-refractivity contribution >= 4 is 17.9 Å². The van der Waals surface area contributed by atoms with Crippen LogP contribution < -0.4 is 16.0 Å². The molecule has 1 aromatic carbocycles. The Morgan fingerprint density at radius 1 is 1.15 bits per heavy atom. The number of amides is 3. The minimum absolute atomic E-state index is 0.000559. The molecule has 7 heteroatoms. The second-order valence-corrected chi connectivity index (χ2v) is 6.89. The summed E-state index contributed by atoms with van der Waals surface area (Å²) in [4.78, 5) is 35.7. The van der Waals surface area contributed by atoms with E-state index in [1.165, 1.54) is 0 Å². The average Bonchev–Trinajstić information content (AvgIpc) is 3.09. The first-order valence-corrected chi connectivity index (χ1v) is 9.04. The summed E-state index contributed by atoms with van der Waals surface area (Å²) in [5, 5.41) is 17.3. The fraction of sp³-hybridized carbons (Fsp3) is 0.526. The molecule has 0 spiro atoms. The lowest BCUT2D eigenvalue weighted by atomic mass is 9.95. The second-order valence-electron chi connectivity index (χ2n) is 6.89. The molecule has 1 aliphatic rings. The number of rotatable bonds is 8. The van der Waals surface area contributed by atoms with E-state index in [0.717, 1.165) is 18.4 Å². The first-order valence-electron chi connectivity index (χ1n) is 9.04. The van der Waals surface area contributed by atoms with Crippen LogP contribution in [0.25, 0.3) is 0 Å². The highest BCUT2D eigenvalue weighted by Crippen LogP contribution is 2.30. The van der Waals surface area contributed by atoms with Crippen molar-refractivity contribution in [2.24, 2.45) is 0 Å². The number of urea groups is 1. The van der Waals surface area contributed by atoms with Crippen molar-refractivity contribution in [2.75, 3.05) is 0 Å². The molecule has 1 aliphatic carbocycles. The lowest BCUT2D eigenvalue weighted by Gasteiger charge is -2.30. The number of hydrogen-bond donors (Lipinski definition) is 4. The predicted octanol–water partition coefficient (Wildman–Crippen LogP) is 2.17. The molecular weight excluding hydrogens is 334 g/mol. The zero-order valence-corrected chi connectivity index (χ0v) is 15.1. The van der Waals surface area contributed by atoms with Gasteiger partial charge in [0.15, 0.2) is 0 Å². The summed E-state index contributed by atoms with van der Waals surface area (Å²) in [5.41, 5.74) is 0.0630. The molecule has 1 saturated carbocycles. The van der Waals surface area contributed by atoms with Crippen LogP contribution in [0.1, 0.15) is 51.0 Å². The molecule has 0 heterocycles. The monoisotopic (exact) mass is 361 g/mol. The third kappa shape index (κ3) is 5.75. The van der Waals surface area contributed by atoms with Crippen LogP contribution in [0.3, 0.4) is 0 Å². The van der Waals surface area contributed by atoms with Gasteiger partial charge in [-0.05, 0) is 31.7 Å². The summed E-state index contributed by atoms with van der Waals surface area (Å²) in [6, 6.07) is 8.92. The Bertz CT molecular complexity index is 627. The van der Waals surface area contributed by atoms with Crippen LogP contribution >= 0.6 is 0 Å². The Morgan fingerprint density at radius 2 is 1.81 bits per heavy atom. The highest BCUT2D eigenvalue weighted by molar-refractivity contribution is 5.91. The topological polar surface area (TPSA) is 108 Å². The molecule has 7 nitrogen and oxygen atoms in total. The van der Waals surface area contributed by atoms with Crippen LogP contribution in [0.15, 0.2) is 30.3 Å². The second kappa shape index (κ2) is 9.22. The van der Waals surface area contributed by atoms with Crippen LogP contribution in [0.2, 0.25) is 0 Å². The van der Waals surface area contributed by atoms with E-state index in [1.54, 1.807) is 6.92 Å². The van der Waals surface area contributed by atoms with Gasteiger partial charge in [0, 0.05) is 19.0 Å². The Balaban J connectivity index is 1.90. The van der Waals surface area contributed by atoms with Gasteiger partial charge in [-0.2, -0.15) is 0 Å². The van der Waals surface area contributed by atoms with E-state index in [0.29, 0.717) is 25.8 Å². The van der Waals surface area contributed by atoms with Crippen molar-refractivity contribution in [3.8, 4) is 0 Å². The summed E-state index contributed by atoms with van der Waals surface area (Å²) in [6.45, 7) is 2.17. The van der Waals surface area contributed by atoms with Gasteiger partial charge >= 0.3 is 12.0 Å². The van der Waals surface area contributed by atoms with Gasteiger partial charge in [-0.1, -0.05) is 43.2 Å². The molecule has 0 aliphatic heterocycles. The summed E-state index contributed by atoms with van der Waals surface area (Å²) < 4.78 is 0. The van der Waals surface area contributed by atoms with Crippen LogP contribution in [0.5, 0.6) is 0 Å². The number of benzene rings is 1. The molecule has 1 fully saturated rings. The van der Waals surface area contributed by atoms with Crippen molar-refractivity contribution in [2.45, 2.75) is 63.6 Å². The molecule has 0 bridgehead atoms. The van der Waals surface area contributed by atoms with E-state index in [4.69, 9.17) is 5.11 Å². The minimum Gasteiger partial charge on any atom is -0.481 e. The number of hydrogen-bond acceptors (Lipinski definition) is 3. The molecule has 26 heavy (non-hydrogen) atoms. The maximum atomic E-state index is 12.7. The van der Waals surface area contributed by atoms with Gasteiger partial charge in [-0.3, -0.25) is 9.59 Å². The first kappa shape index (κ1) is 19.8. The zero-order valence-electron chi connectivity index (χ0n) is 15.1. The molecule has 2 rings (SSSR count). The summed E-state index contributed by atoms with van der Waals surface area (Å²) in [7, 11) is 0. The predicted molar refractivity (Wildman–Crippen MR) is 97.5 cm³/mol. The molecule has 0 aromatic heterocycles. The number of carboxylic acid groups (broad SMARTS) is 1. The van der Waals surface area contributed by atoms with Crippen molar-refractivity contribution in [3.05, 3.63) is 35.9 Å². The Kier molecular flexibility index (Phi) is 7.00. The van der Waals surface area contributed by atoms with Gasteiger partial charge < -0.3 is 21.1 Å². The molecule has 1 atom stereocenters. The highest BCUT2D eigenvalue weighted by atomic mass is 16.4. The average molecular weight is 361 g/mol. The van der Waals surface area contributed by atoms with Crippen LogP contribution in [-0.4, -0.2) is 34.6 Å². The molecule has 142 valence electrons. The van der Waals surface area contributed by atoms with Crippen molar-refractivity contribution in [1.29, 1.82) is 0 Å². The van der Waals surface area contributed by atoms with Crippen LogP contribution in [0, 0.1) is 0 Å². The van der Waals surface area contributed by atoms with E-state index in [1.807, 2.05) is 30.3 Å². The van der Waals surface area contributed by atoms with E-state index in [-0.39, 0.29) is 24.4 Å². The van der Waals surface area contributed by atoms with Gasteiger partial charge in [-0.25, -0.2) is 4.79 Å². The summed E-state index contributed by atoms with van der Waals surface area (Å²) >= 11 is 0. The largest absolute Gasteiger partial charge is 0.481 e. The van der Waals surface area contributed by atoms with E-state index < -0.39 is 11.5 Å². The van der Waals surface area contributed by atoms with Gasteiger partial charge in [0.1, 0.15) is 5.54 Å². The van der Waals surface area contributed by atoms with Crippen molar-refractivity contribution < 1.29 is 19.5 Å². The van der Waals surface area contributed by atoms with Gasteiger partial charge in [0.2, 0.25) is 5.91 Å². The molecule has 0 saturated heterocycles. The zero-order chi connectivity index (χ0) is 19.0. The Morgan fingerprint density at radius 3 is 2.42 bits per heavy atom. The number of carboxylic acids is 1. The highest BCUT2D eigenvalue weighted by Gasteiger charge is 2.42. The quantitative estimate of drug-likeness (QED) is 0.569. The fourth-order valence-electron chi connectivity index (χ4n) is 3.20. The normalized spacial score (nSPS) is 16.5. The fourth-order valence-corrected chi connectivity index (χ4v) is 3.20. The SMILES string of the molecule is CC(CCC(=O)O)NC(=O)C1(NC(=O)NCc2ccccc2)CCCC1. The Hall–Kier alpha value is -2.57. The molecule has 0 radical (unpaired) electrons. The molecular formula is C19H27N3O4. The standard InChI is InChI=1S/C19H27N3O4/c1-14(9-10-16(23)24)21-17(25)19(11-5-6-12-19)22-18(26)20-13-15-7-3-2-4-8-15/h2-4,7-8,14H,5-6,9-13H2,1H3,(H,21,25)(H,23,24)(H2,20,22,26). The summed E-state index contributed by atoms with van der Waals surface area (Å²) in [5.74, 6) is -1.12. The van der Waals surface area contributed by atoms with Gasteiger partial charge in [0.05, 0.1) is 0 Å². The van der Waals surface area contributed by atoms with Crippen LogP contribution in [-0.2, 0) is 16.1 Å². The third-order valence-corrected chi connectivity index (χ3v) is 4.71. The third-order valence-electron chi connectivity index (χ3n) is 4.71. The number of carbonyl (C=O) groups is 3. The van der Waals surface area contributed by atoms with Gasteiger partial charge in [0.25, 0.3) is 0 Å². The maximum Gasteiger partial charge on any atom is 0.315 e. The minimum atomic E-state index is -0.918. The summed E-state index contributed by atoms with van der Waals surface area (Å²) in [6.07, 6.45) is 3.27. The maximum absolute atomic E-state index is 12.7. The van der Waals surface area contributed by atoms with E-state index >= 15 is 0 Å². The van der Waals surface area contributed by atoms with Gasteiger partial charge in [-0.15, -0.1) is 0 Å². The molecule has 3 amide bonds. The van der Waals surface area contributed by atoms with Crippen molar-refractivity contribution in [3.63, 3.8) is 0 Å². The van der Waals surface area contributed by atoms with Crippen LogP contribution in [0.4, 0.5) is 4.79 Å². The molecule has 1 unspecified atom stereocenters. The smallest absolute Gasteiger partial charge is 0.315 e. The lowest BCUT2D eigenvalue weighted by molar-refractivity contribution is -0.137. The first-order chi connectivity index (χ1) is 12.4. The Labute approximate surface area is 153 Å². The lowest BCUT2D eigenvalue weighted by Crippen LogP contribution is -2.60. The van der Waals surface area contributed by atoms with E-state index in [2.05, 4.69) is 16.0 Å². The van der Waals surface area contributed by atoms with Crippen molar-refractivity contribution in [1.82, 2.24) is 16.0 Å². The molecule has 1 aromatic rings. The molecule has 4 N–H and O–H groups in total. The number of aliphatic carboxylic acids is 1. The number of nitrogens with one attached hydrogen (secondary N) is 3.